The van der Waals surface area contributed by atoms with Crippen LogP contribution in [0, 0.1) is 0 Å². The van der Waals surface area contributed by atoms with Crippen molar-refractivity contribution in [3.8, 4) is 11.5 Å². The zero-order valence-corrected chi connectivity index (χ0v) is 15.6. The van der Waals surface area contributed by atoms with E-state index < -0.39 is 0 Å². The molecule has 0 atom stereocenters. The van der Waals surface area contributed by atoms with Crippen molar-refractivity contribution in [1.82, 2.24) is 14.9 Å². The molecule has 26 heavy (non-hydrogen) atoms. The van der Waals surface area contributed by atoms with E-state index in [1.54, 1.807) is 6.07 Å². The summed E-state index contributed by atoms with van der Waals surface area (Å²) >= 11 is 1.84. The number of fused-ring (bicyclic) bond motifs is 1. The van der Waals surface area contributed by atoms with E-state index in [-0.39, 0.29) is 11.9 Å². The smallest absolute Gasteiger partial charge is 0.255 e. The zero-order valence-electron chi connectivity index (χ0n) is 14.8. The van der Waals surface area contributed by atoms with Crippen molar-refractivity contribution >= 4 is 17.7 Å². The van der Waals surface area contributed by atoms with Crippen molar-refractivity contribution < 1.29 is 14.3 Å². The minimum absolute atomic E-state index is 0.0763. The maximum absolute atomic E-state index is 12.7. The Morgan fingerprint density at radius 2 is 2.04 bits per heavy atom. The first-order chi connectivity index (χ1) is 12.7. The highest BCUT2D eigenvalue weighted by atomic mass is 32.2. The highest BCUT2D eigenvalue weighted by molar-refractivity contribution is 7.99. The van der Waals surface area contributed by atoms with Gasteiger partial charge < -0.3 is 19.4 Å². The molecule has 138 valence electrons. The molecule has 0 bridgehead atoms. The van der Waals surface area contributed by atoms with Gasteiger partial charge in [-0.3, -0.25) is 4.79 Å². The van der Waals surface area contributed by atoms with Crippen LogP contribution >= 0.6 is 11.8 Å². The van der Waals surface area contributed by atoms with Crippen LogP contribution in [0.3, 0.4) is 0 Å². The number of amides is 1. The summed E-state index contributed by atoms with van der Waals surface area (Å²) in [5.41, 5.74) is 0.562. The lowest BCUT2D eigenvalue weighted by molar-refractivity contribution is 0.0917. The van der Waals surface area contributed by atoms with Crippen LogP contribution in [-0.4, -0.2) is 40.0 Å². The Labute approximate surface area is 157 Å². The molecule has 1 aromatic carbocycles. The molecule has 2 aliphatic rings. The Bertz CT molecular complexity index is 784. The van der Waals surface area contributed by atoms with Gasteiger partial charge in [-0.25, -0.2) is 4.98 Å². The molecular formula is C19H23N3O3S. The van der Waals surface area contributed by atoms with Crippen LogP contribution in [0.25, 0.3) is 0 Å². The number of rotatable bonds is 4. The molecule has 0 spiro atoms. The van der Waals surface area contributed by atoms with Crippen LogP contribution in [0.4, 0.5) is 0 Å². The van der Waals surface area contributed by atoms with Gasteiger partial charge in [0.05, 0.1) is 5.56 Å². The van der Waals surface area contributed by atoms with Crippen molar-refractivity contribution in [3.05, 3.63) is 36.2 Å². The van der Waals surface area contributed by atoms with E-state index in [1.165, 1.54) is 0 Å². The van der Waals surface area contributed by atoms with Gasteiger partial charge >= 0.3 is 0 Å². The predicted molar refractivity (Wildman–Crippen MR) is 100 cm³/mol. The monoisotopic (exact) mass is 373 g/mol. The van der Waals surface area contributed by atoms with Gasteiger partial charge in [-0.15, -0.1) is 0 Å². The number of hydrogen-bond donors (Lipinski definition) is 1. The number of ether oxygens (including phenoxy) is 2. The first-order valence-electron chi connectivity index (χ1n) is 9.04. The zero-order chi connectivity index (χ0) is 17.9. The fraction of sp³-hybridized carbons (Fsp3) is 0.474. The number of aromatic nitrogens is 2. The molecule has 1 aliphatic heterocycles. The van der Waals surface area contributed by atoms with Crippen molar-refractivity contribution in [1.29, 1.82) is 0 Å². The topological polar surface area (TPSA) is 65.4 Å². The molecular weight excluding hydrogens is 350 g/mol. The number of carbonyl (C=O) groups is 1. The molecule has 1 aliphatic carbocycles. The Morgan fingerprint density at radius 3 is 2.81 bits per heavy atom. The molecule has 1 N–H and O–H groups in total. The lowest BCUT2D eigenvalue weighted by Crippen LogP contribution is -2.38. The quantitative estimate of drug-likeness (QED) is 0.892. The van der Waals surface area contributed by atoms with Crippen molar-refractivity contribution in [2.75, 3.05) is 13.2 Å². The van der Waals surface area contributed by atoms with Crippen LogP contribution in [0.15, 0.2) is 35.7 Å². The largest absolute Gasteiger partial charge is 0.486 e. The van der Waals surface area contributed by atoms with Crippen LogP contribution in [0.5, 0.6) is 11.5 Å². The second kappa shape index (κ2) is 7.61. The normalized spacial score (nSPS) is 22.0. The number of thioether (sulfide) groups is 1. The molecule has 1 fully saturated rings. The molecule has 1 amide bonds. The van der Waals surface area contributed by atoms with Gasteiger partial charge in [-0.1, -0.05) is 17.8 Å². The molecule has 1 saturated carbocycles. The number of imidazole rings is 1. The van der Waals surface area contributed by atoms with E-state index in [2.05, 4.69) is 14.9 Å². The molecule has 2 aromatic rings. The number of nitrogens with one attached hydrogen (secondary N) is 1. The standard InChI is InChI=1S/C19H23N3O3S/c1-22-10-9-20-19(22)26-14-7-5-13(6-8-14)21-18(23)15-3-2-4-16-17(15)25-12-11-24-16/h2-4,9-10,13-14H,5-8,11-12H2,1H3,(H,21,23). The lowest BCUT2D eigenvalue weighted by atomic mass is 9.94. The molecule has 0 saturated heterocycles. The third-order valence-electron chi connectivity index (χ3n) is 4.87. The van der Waals surface area contributed by atoms with Crippen LogP contribution in [0.1, 0.15) is 36.0 Å². The Hall–Kier alpha value is -2.15. The fourth-order valence-corrected chi connectivity index (χ4v) is 4.61. The summed E-state index contributed by atoms with van der Waals surface area (Å²) in [6, 6.07) is 5.68. The minimum Gasteiger partial charge on any atom is -0.486 e. The minimum atomic E-state index is -0.0763. The summed E-state index contributed by atoms with van der Waals surface area (Å²) in [5, 5.41) is 4.79. The molecule has 1 aromatic heterocycles. The summed E-state index contributed by atoms with van der Waals surface area (Å²) in [4.78, 5) is 17.1. The molecule has 4 rings (SSSR count). The fourth-order valence-electron chi connectivity index (χ4n) is 3.46. The first-order valence-corrected chi connectivity index (χ1v) is 9.92. The highest BCUT2D eigenvalue weighted by Crippen LogP contribution is 2.35. The van der Waals surface area contributed by atoms with Gasteiger partial charge in [-0.2, -0.15) is 0 Å². The number of nitrogens with zero attached hydrogens (tertiary/aromatic N) is 2. The van der Waals surface area contributed by atoms with Crippen LogP contribution in [0.2, 0.25) is 0 Å². The molecule has 2 heterocycles. The average Bonchev–Trinajstić information content (AvgIpc) is 3.07. The summed E-state index contributed by atoms with van der Waals surface area (Å²) in [7, 11) is 2.02. The Kier molecular flexibility index (Phi) is 5.06. The van der Waals surface area contributed by atoms with E-state index in [0.29, 0.717) is 35.5 Å². The number of para-hydroxylation sites is 1. The predicted octanol–water partition coefficient (Wildman–Crippen LogP) is 3.02. The lowest BCUT2D eigenvalue weighted by Gasteiger charge is -2.29. The summed E-state index contributed by atoms with van der Waals surface area (Å²) in [6.45, 7) is 1.00. The summed E-state index contributed by atoms with van der Waals surface area (Å²) in [6.07, 6.45) is 7.94. The average molecular weight is 373 g/mol. The third kappa shape index (κ3) is 3.67. The number of benzene rings is 1. The van der Waals surface area contributed by atoms with E-state index >= 15 is 0 Å². The van der Waals surface area contributed by atoms with E-state index in [0.717, 1.165) is 30.8 Å². The van der Waals surface area contributed by atoms with Crippen molar-refractivity contribution in [2.45, 2.75) is 42.1 Å². The second-order valence-electron chi connectivity index (χ2n) is 6.72. The third-order valence-corrected chi connectivity index (χ3v) is 6.28. The first kappa shape index (κ1) is 17.3. The summed E-state index contributed by atoms with van der Waals surface area (Å²) < 4.78 is 13.3. The molecule has 0 unspecified atom stereocenters. The van der Waals surface area contributed by atoms with Crippen molar-refractivity contribution in [2.24, 2.45) is 7.05 Å². The highest BCUT2D eigenvalue weighted by Gasteiger charge is 2.26. The van der Waals surface area contributed by atoms with E-state index in [1.807, 2.05) is 43.3 Å². The van der Waals surface area contributed by atoms with Gasteiger partial charge in [0, 0.05) is 30.7 Å². The van der Waals surface area contributed by atoms with Gasteiger partial charge in [0.1, 0.15) is 13.2 Å². The molecule has 0 radical (unpaired) electrons. The van der Waals surface area contributed by atoms with Crippen LogP contribution < -0.4 is 14.8 Å². The maximum Gasteiger partial charge on any atom is 0.255 e. The number of hydrogen-bond acceptors (Lipinski definition) is 5. The Balaban J connectivity index is 1.33. The second-order valence-corrected chi connectivity index (χ2v) is 7.98. The van der Waals surface area contributed by atoms with Gasteiger partial charge in [0.15, 0.2) is 16.7 Å². The molecule has 7 heteroatoms. The van der Waals surface area contributed by atoms with Gasteiger partial charge in [-0.05, 0) is 37.8 Å². The SMILES string of the molecule is Cn1ccnc1SC1CCC(NC(=O)c2cccc3c2OCCO3)CC1. The van der Waals surface area contributed by atoms with E-state index in [4.69, 9.17) is 9.47 Å². The van der Waals surface area contributed by atoms with Crippen molar-refractivity contribution in [3.63, 3.8) is 0 Å². The molecule has 6 nitrogen and oxygen atoms in total. The van der Waals surface area contributed by atoms with Gasteiger partial charge in [0.2, 0.25) is 0 Å². The van der Waals surface area contributed by atoms with E-state index in [9.17, 15) is 4.79 Å². The summed E-state index contributed by atoms with van der Waals surface area (Å²) in [5.74, 6) is 1.14. The number of carbonyl (C=O) groups excluding carboxylic acids is 1. The maximum atomic E-state index is 12.7. The van der Waals surface area contributed by atoms with Gasteiger partial charge in [0.25, 0.3) is 5.91 Å². The van der Waals surface area contributed by atoms with Crippen LogP contribution in [-0.2, 0) is 7.05 Å². The Morgan fingerprint density at radius 1 is 1.23 bits per heavy atom. The number of aryl methyl sites for hydroxylation is 1.